The third kappa shape index (κ3) is 1.63. The van der Waals surface area contributed by atoms with Crippen LogP contribution in [0.5, 0.6) is 0 Å². The lowest BCUT2D eigenvalue weighted by Gasteiger charge is -2.23. The Morgan fingerprint density at radius 1 is 1.33 bits per heavy atom. The average molecular weight is 206 g/mol. The summed E-state index contributed by atoms with van der Waals surface area (Å²) in [6.45, 7) is 0.456. The van der Waals surface area contributed by atoms with E-state index in [1.54, 1.807) is 0 Å². The first-order chi connectivity index (χ1) is 7.29. The maximum absolute atomic E-state index is 11.8. The molecule has 1 N–H and O–H groups in total. The lowest BCUT2D eigenvalue weighted by atomic mass is 9.77. The van der Waals surface area contributed by atoms with Crippen molar-refractivity contribution >= 4 is 5.97 Å². The third-order valence-electron chi connectivity index (χ3n) is 3.02. The highest BCUT2D eigenvalue weighted by Gasteiger charge is 2.45. The van der Waals surface area contributed by atoms with E-state index < -0.39 is 5.41 Å². The summed E-state index contributed by atoms with van der Waals surface area (Å²) in [6, 6.07) is 9.56. The van der Waals surface area contributed by atoms with E-state index in [-0.39, 0.29) is 12.6 Å². The lowest BCUT2D eigenvalue weighted by molar-refractivity contribution is -0.143. The van der Waals surface area contributed by atoms with E-state index in [4.69, 9.17) is 9.84 Å². The normalized spacial score (nSPS) is 25.3. The van der Waals surface area contributed by atoms with Crippen LogP contribution < -0.4 is 0 Å². The van der Waals surface area contributed by atoms with E-state index in [0.29, 0.717) is 19.4 Å². The Bertz CT molecular complexity index is 347. The van der Waals surface area contributed by atoms with Crippen molar-refractivity contribution in [2.75, 3.05) is 13.2 Å². The standard InChI is InChI=1S/C12H14O3/c13-8-6-12(7-9-15-11(12)14)10-4-2-1-3-5-10/h1-5,13H,6-9H2. The van der Waals surface area contributed by atoms with Gasteiger partial charge in [0.2, 0.25) is 0 Å². The molecule has 0 spiro atoms. The zero-order chi connectivity index (χ0) is 10.7. The smallest absolute Gasteiger partial charge is 0.316 e. The molecule has 1 aromatic rings. The Morgan fingerprint density at radius 2 is 2.07 bits per heavy atom. The average Bonchev–Trinajstić information content (AvgIpc) is 2.63. The Kier molecular flexibility index (Phi) is 2.73. The first-order valence-electron chi connectivity index (χ1n) is 5.13. The molecule has 0 aromatic heterocycles. The Morgan fingerprint density at radius 3 is 2.60 bits per heavy atom. The van der Waals surface area contributed by atoms with Crippen molar-refractivity contribution in [1.29, 1.82) is 0 Å². The van der Waals surface area contributed by atoms with Crippen LogP contribution in [0.4, 0.5) is 0 Å². The summed E-state index contributed by atoms with van der Waals surface area (Å²) in [4.78, 5) is 11.8. The van der Waals surface area contributed by atoms with Crippen LogP contribution in [0.3, 0.4) is 0 Å². The molecule has 0 radical (unpaired) electrons. The molecule has 80 valence electrons. The minimum atomic E-state index is -0.615. The van der Waals surface area contributed by atoms with Crippen LogP contribution in [-0.4, -0.2) is 24.3 Å². The SMILES string of the molecule is O=C1OCCC1(CCO)c1ccccc1. The van der Waals surface area contributed by atoms with Gasteiger partial charge in [-0.2, -0.15) is 0 Å². The Hall–Kier alpha value is -1.35. The van der Waals surface area contributed by atoms with Gasteiger partial charge >= 0.3 is 5.97 Å². The van der Waals surface area contributed by atoms with Crippen LogP contribution in [0.2, 0.25) is 0 Å². The Balaban J connectivity index is 2.39. The molecule has 3 nitrogen and oxygen atoms in total. The molecule has 1 aliphatic heterocycles. The minimum absolute atomic E-state index is 0.00396. The van der Waals surface area contributed by atoms with E-state index in [9.17, 15) is 4.79 Å². The highest BCUT2D eigenvalue weighted by Crippen LogP contribution is 2.37. The van der Waals surface area contributed by atoms with Gasteiger partial charge in [-0.15, -0.1) is 0 Å². The lowest BCUT2D eigenvalue weighted by Crippen LogP contribution is -2.32. The third-order valence-corrected chi connectivity index (χ3v) is 3.02. The quantitative estimate of drug-likeness (QED) is 0.757. The number of benzene rings is 1. The molecule has 15 heavy (non-hydrogen) atoms. The number of hydrogen-bond acceptors (Lipinski definition) is 3. The van der Waals surface area contributed by atoms with Crippen LogP contribution in [-0.2, 0) is 14.9 Å². The van der Waals surface area contributed by atoms with E-state index in [1.807, 2.05) is 30.3 Å². The molecule has 1 fully saturated rings. The van der Waals surface area contributed by atoms with Crippen LogP contribution in [0.15, 0.2) is 30.3 Å². The number of hydrogen-bond donors (Lipinski definition) is 1. The molecule has 3 heteroatoms. The van der Waals surface area contributed by atoms with E-state index in [2.05, 4.69) is 0 Å². The molecule has 1 unspecified atom stereocenters. The fraction of sp³-hybridized carbons (Fsp3) is 0.417. The monoisotopic (exact) mass is 206 g/mol. The largest absolute Gasteiger partial charge is 0.465 e. The van der Waals surface area contributed by atoms with Gasteiger partial charge in [0, 0.05) is 13.0 Å². The first kappa shape index (κ1) is 10.2. The molecule has 1 aliphatic rings. The molecular formula is C12H14O3. The Labute approximate surface area is 88.7 Å². The molecule has 0 bridgehead atoms. The van der Waals surface area contributed by atoms with Crippen molar-refractivity contribution in [3.05, 3.63) is 35.9 Å². The molecule has 0 saturated carbocycles. The fourth-order valence-electron chi connectivity index (χ4n) is 2.14. The molecular weight excluding hydrogens is 192 g/mol. The highest BCUT2D eigenvalue weighted by molar-refractivity contribution is 5.84. The van der Waals surface area contributed by atoms with E-state index in [0.717, 1.165) is 5.56 Å². The summed E-state index contributed by atoms with van der Waals surface area (Å²) in [5, 5.41) is 9.06. The number of cyclic esters (lactones) is 1. The second-order valence-corrected chi connectivity index (χ2v) is 3.81. The fourth-order valence-corrected chi connectivity index (χ4v) is 2.14. The van der Waals surface area contributed by atoms with Gasteiger partial charge in [0.25, 0.3) is 0 Å². The number of carbonyl (C=O) groups excluding carboxylic acids is 1. The summed E-state index contributed by atoms with van der Waals surface area (Å²) in [7, 11) is 0. The van der Waals surface area contributed by atoms with Gasteiger partial charge in [0.1, 0.15) is 0 Å². The van der Waals surface area contributed by atoms with Crippen LogP contribution in [0.1, 0.15) is 18.4 Å². The number of carbonyl (C=O) groups is 1. The number of rotatable bonds is 3. The van der Waals surface area contributed by atoms with Crippen molar-refractivity contribution in [2.45, 2.75) is 18.3 Å². The predicted molar refractivity (Wildman–Crippen MR) is 55.4 cm³/mol. The maximum atomic E-state index is 11.8. The zero-order valence-electron chi connectivity index (χ0n) is 8.48. The van der Waals surface area contributed by atoms with Crippen LogP contribution in [0, 0.1) is 0 Å². The van der Waals surface area contributed by atoms with Gasteiger partial charge in [-0.1, -0.05) is 30.3 Å². The van der Waals surface area contributed by atoms with Gasteiger partial charge in [-0.05, 0) is 12.0 Å². The van der Waals surface area contributed by atoms with Crippen LogP contribution in [0.25, 0.3) is 0 Å². The topological polar surface area (TPSA) is 46.5 Å². The summed E-state index contributed by atoms with van der Waals surface area (Å²) in [5.41, 5.74) is 0.331. The number of aliphatic hydroxyl groups excluding tert-OH is 1. The molecule has 1 saturated heterocycles. The van der Waals surface area contributed by atoms with Crippen molar-refractivity contribution < 1.29 is 14.6 Å². The van der Waals surface area contributed by atoms with E-state index >= 15 is 0 Å². The molecule has 1 atom stereocenters. The number of ether oxygens (including phenoxy) is 1. The van der Waals surface area contributed by atoms with Gasteiger partial charge < -0.3 is 9.84 Å². The van der Waals surface area contributed by atoms with Crippen molar-refractivity contribution in [2.24, 2.45) is 0 Å². The molecule has 0 amide bonds. The predicted octanol–water partition coefficient (Wildman–Crippen LogP) is 1.25. The summed E-state index contributed by atoms with van der Waals surface area (Å²) in [6.07, 6.45) is 1.10. The summed E-state index contributed by atoms with van der Waals surface area (Å²) >= 11 is 0. The number of esters is 1. The second kappa shape index (κ2) is 4.03. The molecule has 1 heterocycles. The second-order valence-electron chi connectivity index (χ2n) is 3.81. The number of aliphatic hydroxyl groups is 1. The summed E-state index contributed by atoms with van der Waals surface area (Å²) < 4.78 is 5.03. The molecule has 0 aliphatic carbocycles. The van der Waals surface area contributed by atoms with Gasteiger partial charge in [-0.25, -0.2) is 0 Å². The highest BCUT2D eigenvalue weighted by atomic mass is 16.5. The van der Waals surface area contributed by atoms with Gasteiger partial charge in [-0.3, -0.25) is 4.79 Å². The summed E-state index contributed by atoms with van der Waals surface area (Å²) in [5.74, 6) is -0.206. The minimum Gasteiger partial charge on any atom is -0.465 e. The van der Waals surface area contributed by atoms with Crippen molar-refractivity contribution in [3.8, 4) is 0 Å². The molecule has 1 aromatic carbocycles. The first-order valence-corrected chi connectivity index (χ1v) is 5.13. The van der Waals surface area contributed by atoms with Crippen LogP contribution >= 0.6 is 0 Å². The van der Waals surface area contributed by atoms with Gasteiger partial charge in [0.05, 0.1) is 12.0 Å². The van der Waals surface area contributed by atoms with Crippen molar-refractivity contribution in [1.82, 2.24) is 0 Å². The van der Waals surface area contributed by atoms with E-state index in [1.165, 1.54) is 0 Å². The van der Waals surface area contributed by atoms with Crippen molar-refractivity contribution in [3.63, 3.8) is 0 Å². The van der Waals surface area contributed by atoms with Gasteiger partial charge in [0.15, 0.2) is 0 Å². The zero-order valence-corrected chi connectivity index (χ0v) is 8.48. The molecule has 2 rings (SSSR count). The maximum Gasteiger partial charge on any atom is 0.316 e.